The van der Waals surface area contributed by atoms with Crippen molar-refractivity contribution in [3.63, 3.8) is 0 Å². The first-order valence-corrected chi connectivity index (χ1v) is 8.93. The fourth-order valence-electron chi connectivity index (χ4n) is 2.71. The molecule has 1 aromatic heterocycles. The van der Waals surface area contributed by atoms with E-state index in [-0.39, 0.29) is 29.6 Å². The summed E-state index contributed by atoms with van der Waals surface area (Å²) in [6.45, 7) is 2.66. The third-order valence-corrected chi connectivity index (χ3v) is 4.39. The van der Waals surface area contributed by atoms with E-state index in [1.165, 1.54) is 23.3 Å². The van der Waals surface area contributed by atoms with E-state index in [1.54, 1.807) is 42.5 Å². The average molecular weight is 388 g/mol. The molecule has 0 N–H and O–H groups in total. The van der Waals surface area contributed by atoms with Crippen molar-refractivity contribution >= 4 is 17.5 Å². The van der Waals surface area contributed by atoms with E-state index in [0.717, 1.165) is 0 Å². The van der Waals surface area contributed by atoms with E-state index in [2.05, 4.69) is 0 Å². The number of benzene rings is 2. The molecule has 0 atom stereocenters. The summed E-state index contributed by atoms with van der Waals surface area (Å²) in [7, 11) is 0. The fraction of sp³-hybridized carbons (Fsp3) is 0.190. The molecule has 1 amide bonds. The highest BCUT2D eigenvalue weighted by Gasteiger charge is 2.20. The Balaban J connectivity index is 1.88. The molecule has 3 rings (SSSR count). The molecule has 1 heterocycles. The summed E-state index contributed by atoms with van der Waals surface area (Å²) in [6.07, 6.45) is 1.53. The maximum absolute atomic E-state index is 14.2. The van der Waals surface area contributed by atoms with Gasteiger partial charge in [0, 0.05) is 16.1 Å². The van der Waals surface area contributed by atoms with Crippen LogP contribution in [0.15, 0.2) is 65.3 Å². The van der Waals surface area contributed by atoms with Gasteiger partial charge in [-0.05, 0) is 55.5 Å². The maximum Gasteiger partial charge on any atom is 0.254 e. The van der Waals surface area contributed by atoms with Crippen LogP contribution in [0.3, 0.4) is 0 Å². The fourth-order valence-corrected chi connectivity index (χ4v) is 2.93. The van der Waals surface area contributed by atoms with Gasteiger partial charge in [-0.3, -0.25) is 4.79 Å². The predicted molar refractivity (Wildman–Crippen MR) is 101 cm³/mol. The van der Waals surface area contributed by atoms with Crippen molar-refractivity contribution < 1.29 is 18.3 Å². The Bertz CT molecular complexity index is 874. The topological polar surface area (TPSA) is 42.7 Å². The van der Waals surface area contributed by atoms with Crippen LogP contribution in [0.5, 0.6) is 5.75 Å². The van der Waals surface area contributed by atoms with E-state index in [1.807, 2.05) is 6.92 Å². The standard InChI is InChI=1S/C21H19ClFNO3/c1-2-26-16-10-8-15(9-11-16)21(25)24(13-17-5-4-12-27-17)14-18-19(22)6-3-7-20(18)23/h3-12H,2,13-14H2,1H3. The van der Waals surface area contributed by atoms with Crippen molar-refractivity contribution in [2.24, 2.45) is 0 Å². The van der Waals surface area contributed by atoms with Crippen LogP contribution in [0, 0.1) is 5.82 Å². The van der Waals surface area contributed by atoms with Gasteiger partial charge in [-0.15, -0.1) is 0 Å². The first kappa shape index (κ1) is 19.0. The van der Waals surface area contributed by atoms with E-state index >= 15 is 0 Å². The summed E-state index contributed by atoms with van der Waals surface area (Å²) in [5, 5.41) is 0.277. The average Bonchev–Trinajstić information content (AvgIpc) is 3.17. The van der Waals surface area contributed by atoms with Crippen LogP contribution in [-0.4, -0.2) is 17.4 Å². The number of furan rings is 1. The Hall–Kier alpha value is -2.79. The molecule has 0 fully saturated rings. The molecule has 140 valence electrons. The molecule has 3 aromatic rings. The number of hydrogen-bond acceptors (Lipinski definition) is 3. The molecule has 0 saturated carbocycles. The lowest BCUT2D eigenvalue weighted by Crippen LogP contribution is -2.30. The predicted octanol–water partition coefficient (Wildman–Crippen LogP) is 5.31. The molecule has 0 radical (unpaired) electrons. The van der Waals surface area contributed by atoms with Crippen LogP contribution in [0.2, 0.25) is 5.02 Å². The molecule has 0 saturated heterocycles. The maximum atomic E-state index is 14.2. The molecule has 0 aliphatic carbocycles. The monoisotopic (exact) mass is 387 g/mol. The lowest BCUT2D eigenvalue weighted by atomic mass is 10.1. The zero-order chi connectivity index (χ0) is 19.2. The Morgan fingerprint density at radius 2 is 1.89 bits per heavy atom. The van der Waals surface area contributed by atoms with Crippen molar-refractivity contribution in [2.75, 3.05) is 6.61 Å². The van der Waals surface area contributed by atoms with Gasteiger partial charge in [0.1, 0.15) is 17.3 Å². The number of hydrogen-bond donors (Lipinski definition) is 0. The Kier molecular flexibility index (Phi) is 6.14. The highest BCUT2D eigenvalue weighted by molar-refractivity contribution is 6.31. The minimum atomic E-state index is -0.452. The van der Waals surface area contributed by atoms with Crippen LogP contribution in [0.1, 0.15) is 28.6 Å². The highest BCUT2D eigenvalue weighted by Crippen LogP contribution is 2.23. The Morgan fingerprint density at radius 3 is 2.52 bits per heavy atom. The van der Waals surface area contributed by atoms with Gasteiger partial charge >= 0.3 is 0 Å². The number of rotatable bonds is 7. The molecule has 0 aliphatic heterocycles. The number of carbonyl (C=O) groups excluding carboxylic acids is 1. The van der Waals surface area contributed by atoms with Gasteiger partial charge in [-0.1, -0.05) is 17.7 Å². The van der Waals surface area contributed by atoms with Crippen LogP contribution in [0.25, 0.3) is 0 Å². The molecule has 0 bridgehead atoms. The molecule has 0 unspecified atom stereocenters. The number of amides is 1. The van der Waals surface area contributed by atoms with Crippen molar-refractivity contribution in [3.8, 4) is 5.75 Å². The quantitative estimate of drug-likeness (QED) is 0.551. The second-order valence-electron chi connectivity index (χ2n) is 5.90. The number of carbonyl (C=O) groups is 1. The largest absolute Gasteiger partial charge is 0.494 e. The zero-order valence-corrected chi connectivity index (χ0v) is 15.6. The molecular weight excluding hydrogens is 369 g/mol. The number of ether oxygens (including phenoxy) is 1. The molecule has 6 heteroatoms. The highest BCUT2D eigenvalue weighted by atomic mass is 35.5. The van der Waals surface area contributed by atoms with Crippen LogP contribution in [-0.2, 0) is 13.1 Å². The van der Waals surface area contributed by atoms with Gasteiger partial charge in [-0.25, -0.2) is 4.39 Å². The van der Waals surface area contributed by atoms with Gasteiger partial charge in [0.2, 0.25) is 0 Å². The molecule has 2 aromatic carbocycles. The van der Waals surface area contributed by atoms with Crippen molar-refractivity contribution in [3.05, 3.63) is 88.6 Å². The normalized spacial score (nSPS) is 10.6. The summed E-state index contributed by atoms with van der Waals surface area (Å²) in [5.41, 5.74) is 0.738. The van der Waals surface area contributed by atoms with E-state index in [9.17, 15) is 9.18 Å². The summed E-state index contributed by atoms with van der Waals surface area (Å²) in [4.78, 5) is 14.5. The van der Waals surface area contributed by atoms with Gasteiger partial charge in [0.25, 0.3) is 5.91 Å². The van der Waals surface area contributed by atoms with Gasteiger partial charge in [-0.2, -0.15) is 0 Å². The lowest BCUT2D eigenvalue weighted by molar-refractivity contribution is 0.0716. The van der Waals surface area contributed by atoms with Gasteiger partial charge in [0.05, 0.1) is 26.0 Å². The van der Waals surface area contributed by atoms with E-state index < -0.39 is 5.82 Å². The van der Waals surface area contributed by atoms with E-state index in [4.69, 9.17) is 20.8 Å². The van der Waals surface area contributed by atoms with Crippen molar-refractivity contribution in [2.45, 2.75) is 20.0 Å². The second-order valence-corrected chi connectivity index (χ2v) is 6.31. The van der Waals surface area contributed by atoms with Crippen LogP contribution in [0.4, 0.5) is 4.39 Å². The second kappa shape index (κ2) is 8.73. The lowest BCUT2D eigenvalue weighted by Gasteiger charge is -2.23. The summed E-state index contributed by atoms with van der Waals surface area (Å²) in [6, 6.07) is 14.8. The third-order valence-electron chi connectivity index (χ3n) is 4.04. The SMILES string of the molecule is CCOc1ccc(C(=O)N(Cc2ccco2)Cc2c(F)cccc2Cl)cc1. The van der Waals surface area contributed by atoms with Crippen molar-refractivity contribution in [1.82, 2.24) is 4.90 Å². The van der Waals surface area contributed by atoms with E-state index in [0.29, 0.717) is 23.7 Å². The molecular formula is C21H19ClFNO3. The number of halogens is 2. The minimum Gasteiger partial charge on any atom is -0.494 e. The summed E-state index contributed by atoms with van der Waals surface area (Å²) >= 11 is 6.14. The number of nitrogens with zero attached hydrogens (tertiary/aromatic N) is 1. The van der Waals surface area contributed by atoms with Gasteiger partial charge < -0.3 is 14.1 Å². The minimum absolute atomic E-state index is 0.0260. The summed E-state index contributed by atoms with van der Waals surface area (Å²) < 4.78 is 25.0. The van der Waals surface area contributed by atoms with Crippen molar-refractivity contribution in [1.29, 1.82) is 0 Å². The Morgan fingerprint density at radius 1 is 1.11 bits per heavy atom. The molecule has 0 aliphatic rings. The van der Waals surface area contributed by atoms with Gasteiger partial charge in [0.15, 0.2) is 0 Å². The first-order chi connectivity index (χ1) is 13.1. The smallest absolute Gasteiger partial charge is 0.254 e. The summed E-state index contributed by atoms with van der Waals surface area (Å²) in [5.74, 6) is 0.575. The van der Waals surface area contributed by atoms with Crippen LogP contribution >= 0.6 is 11.6 Å². The Labute approximate surface area is 162 Å². The first-order valence-electron chi connectivity index (χ1n) is 8.56. The zero-order valence-electron chi connectivity index (χ0n) is 14.8. The molecule has 0 spiro atoms. The van der Waals surface area contributed by atoms with Crippen LogP contribution < -0.4 is 4.74 Å². The molecule has 27 heavy (non-hydrogen) atoms. The molecule has 4 nitrogen and oxygen atoms in total. The third kappa shape index (κ3) is 4.68.